The smallest absolute Gasteiger partial charge is 0.110 e. The lowest BCUT2D eigenvalue weighted by Gasteiger charge is -2.43. The predicted molar refractivity (Wildman–Crippen MR) is 153 cm³/mol. The van der Waals surface area contributed by atoms with Crippen LogP contribution < -0.4 is 4.67 Å². The summed E-state index contributed by atoms with van der Waals surface area (Å²) in [6.45, 7) is 9.39. The van der Waals surface area contributed by atoms with Gasteiger partial charge in [-0.2, -0.15) is 0 Å². The van der Waals surface area contributed by atoms with Crippen LogP contribution in [0.1, 0.15) is 45.0 Å². The molecule has 5 heteroatoms. The van der Waals surface area contributed by atoms with E-state index in [4.69, 9.17) is 5.10 Å². The zero-order valence-corrected chi connectivity index (χ0v) is 22.3. The zero-order valence-electron chi connectivity index (χ0n) is 21.4. The van der Waals surface area contributed by atoms with Gasteiger partial charge in [-0.3, -0.25) is 0 Å². The molecule has 4 aromatic carbocycles. The molecule has 182 valence electrons. The lowest BCUT2D eigenvalue weighted by Crippen LogP contribution is -2.30. The van der Waals surface area contributed by atoms with Crippen molar-refractivity contribution in [2.75, 3.05) is 4.67 Å². The molecule has 1 atom stereocenters. The first-order chi connectivity index (χ1) is 17.5. The van der Waals surface area contributed by atoms with Crippen molar-refractivity contribution in [2.24, 2.45) is 0 Å². The summed E-state index contributed by atoms with van der Waals surface area (Å²) in [4.78, 5) is 0. The fourth-order valence-corrected chi connectivity index (χ4v) is 8.12. The Morgan fingerprint density at radius 2 is 1.31 bits per heavy atom. The van der Waals surface area contributed by atoms with Gasteiger partial charge in [0.2, 0.25) is 0 Å². The van der Waals surface area contributed by atoms with Crippen LogP contribution in [-0.2, 0) is 0 Å². The normalized spacial score (nSPS) is 12.5. The van der Waals surface area contributed by atoms with E-state index in [1.165, 1.54) is 22.0 Å². The minimum atomic E-state index is -0.537. The minimum absolute atomic E-state index is 0.0645. The van der Waals surface area contributed by atoms with Gasteiger partial charge in [-0.15, -0.1) is 5.10 Å². The first-order valence-corrected chi connectivity index (χ1v) is 14.0. The number of hydrogen-bond donors (Lipinski definition) is 0. The highest BCUT2D eigenvalue weighted by Crippen LogP contribution is 2.56. The van der Waals surface area contributed by atoms with Crippen LogP contribution in [0.3, 0.4) is 0 Å². The van der Waals surface area contributed by atoms with Crippen LogP contribution in [0, 0.1) is 0 Å². The highest BCUT2D eigenvalue weighted by atomic mass is 31.1. The molecule has 1 unspecified atom stereocenters. The van der Waals surface area contributed by atoms with Gasteiger partial charge in [-0.1, -0.05) is 106 Å². The molecule has 1 heterocycles. The number of rotatable bonds is 8. The van der Waals surface area contributed by atoms with Crippen LogP contribution in [0.25, 0.3) is 16.5 Å². The van der Waals surface area contributed by atoms with Crippen molar-refractivity contribution in [3.63, 3.8) is 0 Å². The molecule has 0 saturated heterocycles. The lowest BCUT2D eigenvalue weighted by molar-refractivity contribution is 0.773. The summed E-state index contributed by atoms with van der Waals surface area (Å²) in [5, 5.41) is 11.8. The van der Waals surface area contributed by atoms with E-state index in [9.17, 15) is 0 Å². The Morgan fingerprint density at radius 1 is 0.694 bits per heavy atom. The number of hydrogen-bond acceptors (Lipinski definition) is 3. The van der Waals surface area contributed by atoms with Crippen molar-refractivity contribution in [3.8, 4) is 5.69 Å². The number of aromatic nitrogens is 3. The fourth-order valence-electron chi connectivity index (χ4n) is 5.01. The van der Waals surface area contributed by atoms with Crippen LogP contribution >= 0.6 is 8.07 Å². The van der Waals surface area contributed by atoms with Crippen molar-refractivity contribution in [3.05, 3.63) is 121 Å². The summed E-state index contributed by atoms with van der Waals surface area (Å²) in [6.07, 6.45) is 2.10. The SMILES string of the molecule is CC(C)P(C(C)C)N(c1ccccc1)C(c1ccc2ccccc2c1)c1cn(-c2ccccc2)nn1. The van der Waals surface area contributed by atoms with E-state index in [1.54, 1.807) is 0 Å². The molecular formula is C31H33N4P. The topological polar surface area (TPSA) is 34.0 Å². The van der Waals surface area contributed by atoms with E-state index in [2.05, 4.69) is 129 Å². The molecule has 5 aromatic rings. The lowest BCUT2D eigenvalue weighted by atomic mass is 9.99. The maximum absolute atomic E-state index is 4.78. The summed E-state index contributed by atoms with van der Waals surface area (Å²) in [7, 11) is -0.537. The summed E-state index contributed by atoms with van der Waals surface area (Å²) in [5.41, 5.74) is 5.42. The Morgan fingerprint density at radius 3 is 1.97 bits per heavy atom. The standard InChI is InChI=1S/C31H33N4P/c1-23(2)36(24(3)4)35(29-17-9-6-10-18-29)31(27-20-19-25-13-11-12-14-26(25)21-27)30-22-34(33-32-30)28-15-7-5-8-16-28/h5-24,31H,1-4H3. The summed E-state index contributed by atoms with van der Waals surface area (Å²) in [5.74, 6) is 0. The molecule has 5 rings (SSSR count). The van der Waals surface area contributed by atoms with Crippen molar-refractivity contribution in [2.45, 2.75) is 45.1 Å². The number of benzene rings is 4. The van der Waals surface area contributed by atoms with Gasteiger partial charge in [0.05, 0.1) is 11.9 Å². The van der Waals surface area contributed by atoms with Gasteiger partial charge < -0.3 is 4.67 Å². The highest BCUT2D eigenvalue weighted by molar-refractivity contribution is 7.60. The Labute approximate surface area is 215 Å². The van der Waals surface area contributed by atoms with Crippen LogP contribution in [0.2, 0.25) is 0 Å². The van der Waals surface area contributed by atoms with Crippen molar-refractivity contribution in [1.29, 1.82) is 0 Å². The molecule has 1 aromatic heterocycles. The second kappa shape index (κ2) is 10.6. The molecule has 0 amide bonds. The second-order valence-corrected chi connectivity index (χ2v) is 12.9. The molecule has 0 radical (unpaired) electrons. The Bertz CT molecular complexity index is 1400. The molecule has 0 aliphatic carbocycles. The molecule has 0 saturated carbocycles. The molecule has 0 bridgehead atoms. The maximum Gasteiger partial charge on any atom is 0.110 e. The molecule has 0 spiro atoms. The maximum atomic E-state index is 4.78. The van der Waals surface area contributed by atoms with Gasteiger partial charge in [-0.05, 0) is 66.1 Å². The van der Waals surface area contributed by atoms with E-state index in [1.807, 2.05) is 22.9 Å². The third-order valence-corrected chi connectivity index (χ3v) is 9.55. The Kier molecular flexibility index (Phi) is 7.16. The molecule has 0 N–H and O–H groups in total. The third kappa shape index (κ3) is 4.92. The monoisotopic (exact) mass is 492 g/mol. The fraction of sp³-hybridized carbons (Fsp3) is 0.226. The van der Waals surface area contributed by atoms with Gasteiger partial charge >= 0.3 is 0 Å². The van der Waals surface area contributed by atoms with Gasteiger partial charge in [0.25, 0.3) is 0 Å². The molecular weight excluding hydrogens is 459 g/mol. The number of anilines is 1. The average molecular weight is 493 g/mol. The molecule has 0 aliphatic rings. The number of para-hydroxylation sites is 2. The first kappa shape index (κ1) is 24.2. The molecule has 0 fully saturated rings. The number of nitrogens with zero attached hydrogens (tertiary/aromatic N) is 4. The first-order valence-electron chi connectivity index (χ1n) is 12.6. The van der Waals surface area contributed by atoms with Crippen LogP contribution in [0.4, 0.5) is 5.69 Å². The van der Waals surface area contributed by atoms with Crippen LogP contribution in [0.15, 0.2) is 109 Å². The molecule has 36 heavy (non-hydrogen) atoms. The summed E-state index contributed by atoms with van der Waals surface area (Å²) < 4.78 is 4.52. The van der Waals surface area contributed by atoms with Gasteiger partial charge in [-0.25, -0.2) is 4.68 Å². The Balaban J connectivity index is 1.73. The minimum Gasteiger partial charge on any atom is -0.337 e. The number of fused-ring (bicyclic) bond motifs is 1. The highest BCUT2D eigenvalue weighted by Gasteiger charge is 2.34. The largest absolute Gasteiger partial charge is 0.337 e. The zero-order chi connectivity index (χ0) is 25.1. The van der Waals surface area contributed by atoms with Crippen LogP contribution in [-0.4, -0.2) is 26.3 Å². The van der Waals surface area contributed by atoms with Gasteiger partial charge in [0.1, 0.15) is 11.7 Å². The predicted octanol–water partition coefficient (Wildman–Crippen LogP) is 8.23. The van der Waals surface area contributed by atoms with E-state index >= 15 is 0 Å². The second-order valence-electron chi connectivity index (χ2n) is 9.68. The van der Waals surface area contributed by atoms with E-state index in [0.717, 1.165) is 11.4 Å². The molecule has 0 aliphatic heterocycles. The van der Waals surface area contributed by atoms with Gasteiger partial charge in [0.15, 0.2) is 0 Å². The van der Waals surface area contributed by atoms with E-state index < -0.39 is 8.07 Å². The molecule has 4 nitrogen and oxygen atoms in total. The average Bonchev–Trinajstić information content (AvgIpc) is 3.39. The Hall–Kier alpha value is -3.49. The van der Waals surface area contributed by atoms with Crippen molar-refractivity contribution < 1.29 is 0 Å². The van der Waals surface area contributed by atoms with Crippen molar-refractivity contribution in [1.82, 2.24) is 15.0 Å². The van der Waals surface area contributed by atoms with Crippen LogP contribution in [0.5, 0.6) is 0 Å². The summed E-state index contributed by atoms with van der Waals surface area (Å²) >= 11 is 0. The van der Waals surface area contributed by atoms with Crippen molar-refractivity contribution >= 4 is 24.5 Å². The van der Waals surface area contributed by atoms with E-state index in [-0.39, 0.29) is 6.04 Å². The summed E-state index contributed by atoms with van der Waals surface area (Å²) in [6, 6.07) is 36.4. The van der Waals surface area contributed by atoms with Gasteiger partial charge in [0, 0.05) is 5.69 Å². The quantitative estimate of drug-likeness (QED) is 0.205. The van der Waals surface area contributed by atoms with E-state index in [0.29, 0.717) is 11.3 Å². The third-order valence-electron chi connectivity index (χ3n) is 6.47.